The Hall–Kier alpha value is -3.45. The minimum absolute atomic E-state index is 0.0930. The van der Waals surface area contributed by atoms with Crippen LogP contribution in [0.5, 0.6) is 5.75 Å². The fourth-order valence-electron chi connectivity index (χ4n) is 2.47. The predicted molar refractivity (Wildman–Crippen MR) is 118 cm³/mol. The molecular weight excluding hydrogens is 386 g/mol. The average Bonchev–Trinajstić information content (AvgIpc) is 2.74. The second-order valence-corrected chi connectivity index (χ2v) is 7.08. The predicted octanol–water partition coefficient (Wildman–Crippen LogP) is 5.07. The van der Waals surface area contributed by atoms with Crippen molar-refractivity contribution in [3.05, 3.63) is 78.9 Å². The largest absolute Gasteiger partial charge is 0.497 e. The van der Waals surface area contributed by atoms with Crippen molar-refractivity contribution in [2.24, 2.45) is 0 Å². The highest BCUT2D eigenvalue weighted by Crippen LogP contribution is 2.21. The van der Waals surface area contributed by atoms with Crippen LogP contribution in [0.25, 0.3) is 0 Å². The van der Waals surface area contributed by atoms with Crippen molar-refractivity contribution in [1.29, 1.82) is 0 Å². The van der Waals surface area contributed by atoms with Crippen LogP contribution >= 0.6 is 11.8 Å². The Morgan fingerprint density at radius 3 is 1.93 bits per heavy atom. The van der Waals surface area contributed by atoms with E-state index in [0.29, 0.717) is 5.69 Å². The van der Waals surface area contributed by atoms with Crippen LogP contribution in [0, 0.1) is 0 Å². The van der Waals surface area contributed by atoms with Gasteiger partial charge in [-0.05, 0) is 60.7 Å². The molecule has 0 aliphatic carbocycles. The number of hydrogen-bond donors (Lipinski definition) is 3. The zero-order valence-corrected chi connectivity index (χ0v) is 16.7. The number of thioether (sulfide) groups is 1. The Balaban J connectivity index is 1.44. The number of methoxy groups -OCH3 is 1. The maximum Gasteiger partial charge on any atom is 0.323 e. The first kappa shape index (κ1) is 20.3. The summed E-state index contributed by atoms with van der Waals surface area (Å²) < 4.78 is 5.10. The monoisotopic (exact) mass is 407 g/mol. The number of carbonyl (C=O) groups is 2. The lowest BCUT2D eigenvalue weighted by Crippen LogP contribution is -2.19. The van der Waals surface area contributed by atoms with E-state index in [1.165, 1.54) is 11.8 Å². The molecular formula is C22H21N3O3S. The molecule has 148 valence electrons. The third kappa shape index (κ3) is 6.58. The van der Waals surface area contributed by atoms with Gasteiger partial charge in [-0.15, -0.1) is 11.8 Å². The molecule has 0 saturated heterocycles. The standard InChI is InChI=1S/C22H21N3O3S/c1-28-19-11-7-17(8-12-19)23-21(26)15-29-20-13-9-18(10-14-20)25-22(27)24-16-5-3-2-4-6-16/h2-14H,15H2,1H3,(H,23,26)(H2,24,25,27). The first-order chi connectivity index (χ1) is 14.1. The second kappa shape index (κ2) is 10.2. The van der Waals surface area contributed by atoms with Crippen molar-refractivity contribution in [3.8, 4) is 5.75 Å². The summed E-state index contributed by atoms with van der Waals surface area (Å²) in [5.74, 6) is 0.931. The molecule has 3 aromatic rings. The molecule has 3 rings (SSSR count). The number of para-hydroxylation sites is 1. The molecule has 0 saturated carbocycles. The summed E-state index contributed by atoms with van der Waals surface area (Å²) in [6, 6.07) is 23.4. The number of nitrogens with one attached hydrogen (secondary N) is 3. The summed E-state index contributed by atoms with van der Waals surface area (Å²) in [6.45, 7) is 0. The Morgan fingerprint density at radius 1 is 0.759 bits per heavy atom. The number of benzene rings is 3. The van der Waals surface area contributed by atoms with E-state index in [0.717, 1.165) is 22.0 Å². The zero-order chi connectivity index (χ0) is 20.5. The number of amides is 3. The van der Waals surface area contributed by atoms with Gasteiger partial charge in [-0.2, -0.15) is 0 Å². The van der Waals surface area contributed by atoms with Crippen molar-refractivity contribution in [1.82, 2.24) is 0 Å². The van der Waals surface area contributed by atoms with Gasteiger partial charge in [0, 0.05) is 22.0 Å². The summed E-state index contributed by atoms with van der Waals surface area (Å²) in [5.41, 5.74) is 2.12. The van der Waals surface area contributed by atoms with Crippen molar-refractivity contribution in [2.75, 3.05) is 28.8 Å². The van der Waals surface area contributed by atoms with Crippen LogP contribution in [-0.4, -0.2) is 24.8 Å². The van der Waals surface area contributed by atoms with Crippen molar-refractivity contribution in [3.63, 3.8) is 0 Å². The molecule has 0 fully saturated rings. The maximum absolute atomic E-state index is 12.1. The van der Waals surface area contributed by atoms with Gasteiger partial charge in [-0.25, -0.2) is 4.79 Å². The Morgan fingerprint density at radius 2 is 1.31 bits per heavy atom. The number of anilines is 3. The molecule has 0 aliphatic heterocycles. The third-order valence-electron chi connectivity index (χ3n) is 3.89. The molecule has 0 heterocycles. The molecule has 0 aromatic heterocycles. The van der Waals surface area contributed by atoms with Gasteiger partial charge in [0.1, 0.15) is 5.75 Å². The van der Waals surface area contributed by atoms with Gasteiger partial charge in [-0.3, -0.25) is 4.79 Å². The number of rotatable bonds is 7. The molecule has 0 atom stereocenters. The van der Waals surface area contributed by atoms with E-state index in [2.05, 4.69) is 16.0 Å². The van der Waals surface area contributed by atoms with Gasteiger partial charge < -0.3 is 20.7 Å². The fourth-order valence-corrected chi connectivity index (χ4v) is 3.17. The van der Waals surface area contributed by atoms with Gasteiger partial charge in [0.15, 0.2) is 0 Å². The van der Waals surface area contributed by atoms with Gasteiger partial charge in [0.05, 0.1) is 12.9 Å². The number of ether oxygens (including phenoxy) is 1. The van der Waals surface area contributed by atoms with Crippen LogP contribution in [0.3, 0.4) is 0 Å². The Labute approximate surface area is 173 Å². The molecule has 6 nitrogen and oxygen atoms in total. The fraction of sp³-hybridized carbons (Fsp3) is 0.0909. The van der Waals surface area contributed by atoms with Crippen molar-refractivity contribution in [2.45, 2.75) is 4.90 Å². The lowest BCUT2D eigenvalue weighted by molar-refractivity contribution is -0.113. The topological polar surface area (TPSA) is 79.5 Å². The molecule has 3 N–H and O–H groups in total. The molecule has 29 heavy (non-hydrogen) atoms. The number of urea groups is 1. The van der Waals surface area contributed by atoms with E-state index in [4.69, 9.17) is 4.74 Å². The third-order valence-corrected chi connectivity index (χ3v) is 4.90. The van der Waals surface area contributed by atoms with Crippen LogP contribution in [0.4, 0.5) is 21.9 Å². The normalized spacial score (nSPS) is 10.1. The molecule has 3 aromatic carbocycles. The quantitative estimate of drug-likeness (QED) is 0.478. The average molecular weight is 407 g/mol. The van der Waals surface area contributed by atoms with Crippen LogP contribution < -0.4 is 20.7 Å². The van der Waals surface area contributed by atoms with E-state index >= 15 is 0 Å². The van der Waals surface area contributed by atoms with Crippen LogP contribution in [0.15, 0.2) is 83.8 Å². The van der Waals surface area contributed by atoms with Crippen LogP contribution in [0.2, 0.25) is 0 Å². The summed E-state index contributed by atoms with van der Waals surface area (Å²) >= 11 is 1.42. The SMILES string of the molecule is COc1ccc(NC(=O)CSc2ccc(NC(=O)Nc3ccccc3)cc2)cc1. The number of carbonyl (C=O) groups excluding carboxylic acids is 2. The Kier molecular flexibility index (Phi) is 7.13. The molecule has 0 spiro atoms. The van der Waals surface area contributed by atoms with Gasteiger partial charge in [-0.1, -0.05) is 18.2 Å². The Bertz CT molecular complexity index is 945. The summed E-state index contributed by atoms with van der Waals surface area (Å²) in [4.78, 5) is 25.0. The molecule has 0 bridgehead atoms. The first-order valence-corrected chi connectivity index (χ1v) is 9.91. The smallest absolute Gasteiger partial charge is 0.323 e. The summed E-state index contributed by atoms with van der Waals surface area (Å²) in [7, 11) is 1.60. The first-order valence-electron chi connectivity index (χ1n) is 8.92. The summed E-state index contributed by atoms with van der Waals surface area (Å²) in [6.07, 6.45) is 0. The van der Waals surface area contributed by atoms with E-state index < -0.39 is 0 Å². The van der Waals surface area contributed by atoms with Crippen molar-refractivity contribution < 1.29 is 14.3 Å². The van der Waals surface area contributed by atoms with Gasteiger partial charge in [0.25, 0.3) is 0 Å². The minimum atomic E-state index is -0.310. The summed E-state index contributed by atoms with van der Waals surface area (Å²) in [5, 5.41) is 8.38. The lowest BCUT2D eigenvalue weighted by atomic mass is 10.3. The molecule has 0 unspecified atom stereocenters. The van der Waals surface area contributed by atoms with E-state index in [1.54, 1.807) is 43.5 Å². The van der Waals surface area contributed by atoms with Crippen molar-refractivity contribution >= 4 is 40.8 Å². The van der Waals surface area contributed by atoms with E-state index in [1.807, 2.05) is 42.5 Å². The zero-order valence-electron chi connectivity index (χ0n) is 15.8. The van der Waals surface area contributed by atoms with Gasteiger partial charge in [0.2, 0.25) is 5.91 Å². The van der Waals surface area contributed by atoms with Crippen LogP contribution in [0.1, 0.15) is 0 Å². The van der Waals surface area contributed by atoms with Gasteiger partial charge >= 0.3 is 6.03 Å². The second-order valence-electron chi connectivity index (χ2n) is 6.03. The highest BCUT2D eigenvalue weighted by Gasteiger charge is 2.06. The molecule has 3 amide bonds. The maximum atomic E-state index is 12.1. The van der Waals surface area contributed by atoms with E-state index in [-0.39, 0.29) is 17.7 Å². The highest BCUT2D eigenvalue weighted by atomic mass is 32.2. The number of hydrogen-bond acceptors (Lipinski definition) is 4. The van der Waals surface area contributed by atoms with E-state index in [9.17, 15) is 9.59 Å². The lowest BCUT2D eigenvalue weighted by Gasteiger charge is -2.09. The molecule has 0 radical (unpaired) electrons. The molecule has 7 heteroatoms. The van der Waals surface area contributed by atoms with Crippen LogP contribution in [-0.2, 0) is 4.79 Å². The molecule has 0 aliphatic rings. The minimum Gasteiger partial charge on any atom is -0.497 e. The highest BCUT2D eigenvalue weighted by molar-refractivity contribution is 8.00.